The number of hydrogen-bond donors (Lipinski definition) is 2. The predicted octanol–water partition coefficient (Wildman–Crippen LogP) is 2.65. The van der Waals surface area contributed by atoms with E-state index in [1.165, 1.54) is 6.92 Å². The van der Waals surface area contributed by atoms with Gasteiger partial charge < -0.3 is 11.1 Å². The molecule has 0 aliphatic carbocycles. The minimum atomic E-state index is -0.595. The van der Waals surface area contributed by atoms with Crippen molar-refractivity contribution < 1.29 is 4.92 Å². The highest BCUT2D eigenvalue weighted by molar-refractivity contribution is 9.10. The summed E-state index contributed by atoms with van der Waals surface area (Å²) in [5.74, 6) is -0.139. The zero-order valence-electron chi connectivity index (χ0n) is 10.8. The molecule has 2 aromatic rings. The van der Waals surface area contributed by atoms with Crippen molar-refractivity contribution in [2.75, 3.05) is 11.1 Å². The maximum atomic E-state index is 11.1. The van der Waals surface area contributed by atoms with Crippen molar-refractivity contribution in [3.05, 3.63) is 44.0 Å². The summed E-state index contributed by atoms with van der Waals surface area (Å²) in [7, 11) is 0. The SMILES string of the molecule is Cc1nc(N)nc(Nc2ccc(Br)cc2C#N)c1[N+](=O)[O-]. The molecule has 0 aliphatic heterocycles. The number of nitrogens with one attached hydrogen (secondary N) is 1. The first-order valence-electron chi connectivity index (χ1n) is 5.67. The molecule has 0 aliphatic rings. The van der Waals surface area contributed by atoms with Gasteiger partial charge in [-0.3, -0.25) is 10.1 Å². The van der Waals surface area contributed by atoms with Gasteiger partial charge in [0, 0.05) is 4.47 Å². The zero-order chi connectivity index (χ0) is 15.6. The van der Waals surface area contributed by atoms with Crippen molar-refractivity contribution in [2.24, 2.45) is 0 Å². The predicted molar refractivity (Wildman–Crippen MR) is 80.0 cm³/mol. The van der Waals surface area contributed by atoms with Gasteiger partial charge in [0.15, 0.2) is 0 Å². The average molecular weight is 349 g/mol. The summed E-state index contributed by atoms with van der Waals surface area (Å²) in [5, 5.41) is 23.0. The van der Waals surface area contributed by atoms with Crippen LogP contribution in [-0.4, -0.2) is 14.9 Å². The lowest BCUT2D eigenvalue weighted by Gasteiger charge is -2.09. The number of nitrogens with zero attached hydrogens (tertiary/aromatic N) is 4. The van der Waals surface area contributed by atoms with Gasteiger partial charge in [-0.25, -0.2) is 4.98 Å². The first-order chi connectivity index (χ1) is 9.92. The van der Waals surface area contributed by atoms with Crippen LogP contribution in [0.25, 0.3) is 0 Å². The highest BCUT2D eigenvalue weighted by Gasteiger charge is 2.22. The number of nitrogen functional groups attached to an aromatic ring is 1. The van der Waals surface area contributed by atoms with Crippen LogP contribution in [0.15, 0.2) is 22.7 Å². The van der Waals surface area contributed by atoms with E-state index in [9.17, 15) is 10.1 Å². The van der Waals surface area contributed by atoms with Gasteiger partial charge in [-0.1, -0.05) is 15.9 Å². The fraction of sp³-hybridized carbons (Fsp3) is 0.0833. The molecule has 1 aromatic heterocycles. The highest BCUT2D eigenvalue weighted by Crippen LogP contribution is 2.30. The smallest absolute Gasteiger partial charge is 0.332 e. The Balaban J connectivity index is 2.54. The molecule has 9 heteroatoms. The second-order valence-electron chi connectivity index (χ2n) is 4.05. The van der Waals surface area contributed by atoms with E-state index in [0.717, 1.165) is 4.47 Å². The van der Waals surface area contributed by atoms with Crippen LogP contribution in [0.1, 0.15) is 11.3 Å². The number of halogens is 1. The highest BCUT2D eigenvalue weighted by atomic mass is 79.9. The maximum Gasteiger partial charge on any atom is 0.332 e. The van der Waals surface area contributed by atoms with Crippen molar-refractivity contribution in [1.29, 1.82) is 5.26 Å². The van der Waals surface area contributed by atoms with E-state index in [1.807, 2.05) is 6.07 Å². The van der Waals surface area contributed by atoms with E-state index in [4.69, 9.17) is 11.0 Å². The summed E-state index contributed by atoms with van der Waals surface area (Å²) < 4.78 is 0.720. The van der Waals surface area contributed by atoms with E-state index in [0.29, 0.717) is 11.3 Å². The number of nitriles is 1. The molecule has 0 amide bonds. The van der Waals surface area contributed by atoms with Gasteiger partial charge in [-0.05, 0) is 25.1 Å². The van der Waals surface area contributed by atoms with Crippen LogP contribution in [0.2, 0.25) is 0 Å². The minimum Gasteiger partial charge on any atom is -0.368 e. The van der Waals surface area contributed by atoms with Crippen LogP contribution in [0.4, 0.5) is 23.1 Å². The Hall–Kier alpha value is -2.73. The Labute approximate surface area is 127 Å². The molecule has 3 N–H and O–H groups in total. The third-order valence-corrected chi connectivity index (χ3v) is 3.11. The Morgan fingerprint density at radius 1 is 1.48 bits per heavy atom. The Bertz CT molecular complexity index is 771. The molecule has 0 fully saturated rings. The van der Waals surface area contributed by atoms with Crippen LogP contribution in [-0.2, 0) is 0 Å². The van der Waals surface area contributed by atoms with Gasteiger partial charge in [0.25, 0.3) is 0 Å². The van der Waals surface area contributed by atoms with Crippen molar-refractivity contribution >= 4 is 39.1 Å². The normalized spacial score (nSPS) is 9.95. The minimum absolute atomic E-state index is 0.0520. The lowest BCUT2D eigenvalue weighted by atomic mass is 10.2. The van der Waals surface area contributed by atoms with Gasteiger partial charge in [0.1, 0.15) is 11.8 Å². The Kier molecular flexibility index (Phi) is 4.00. The van der Waals surface area contributed by atoms with Gasteiger partial charge >= 0.3 is 5.69 Å². The van der Waals surface area contributed by atoms with E-state index in [-0.39, 0.29) is 23.1 Å². The molecule has 1 heterocycles. The maximum absolute atomic E-state index is 11.1. The largest absolute Gasteiger partial charge is 0.368 e. The summed E-state index contributed by atoms with van der Waals surface area (Å²) in [4.78, 5) is 18.1. The summed E-state index contributed by atoms with van der Waals surface area (Å²) in [6.45, 7) is 1.47. The third-order valence-electron chi connectivity index (χ3n) is 2.61. The molecule has 0 radical (unpaired) electrons. The zero-order valence-corrected chi connectivity index (χ0v) is 12.4. The van der Waals surface area contributed by atoms with Gasteiger partial charge in [0.2, 0.25) is 11.8 Å². The molecule has 0 spiro atoms. The van der Waals surface area contributed by atoms with Crippen LogP contribution in [0.5, 0.6) is 0 Å². The standard InChI is InChI=1S/C12H9BrN6O2/c1-6-10(19(20)21)11(18-12(15)16-6)17-9-3-2-8(13)4-7(9)5-14/h2-4H,1H3,(H3,15,16,17,18). The molecule has 0 saturated carbocycles. The van der Waals surface area contributed by atoms with Gasteiger partial charge in [0.05, 0.1) is 16.2 Å². The Morgan fingerprint density at radius 2 is 2.19 bits per heavy atom. The number of aromatic nitrogens is 2. The lowest BCUT2D eigenvalue weighted by molar-refractivity contribution is -0.385. The molecule has 0 atom stereocenters. The van der Waals surface area contributed by atoms with Crippen molar-refractivity contribution in [1.82, 2.24) is 9.97 Å². The number of hydrogen-bond acceptors (Lipinski definition) is 7. The molecule has 21 heavy (non-hydrogen) atoms. The molecule has 2 rings (SSSR count). The van der Waals surface area contributed by atoms with E-state index in [1.54, 1.807) is 18.2 Å². The van der Waals surface area contributed by atoms with Crippen LogP contribution in [0.3, 0.4) is 0 Å². The second-order valence-corrected chi connectivity index (χ2v) is 4.96. The van der Waals surface area contributed by atoms with Gasteiger partial charge in [-0.15, -0.1) is 0 Å². The molecule has 0 unspecified atom stereocenters. The monoisotopic (exact) mass is 348 g/mol. The quantitative estimate of drug-likeness (QED) is 0.643. The van der Waals surface area contributed by atoms with Crippen LogP contribution in [0, 0.1) is 28.4 Å². The first kappa shape index (κ1) is 14.7. The summed E-state index contributed by atoms with van der Waals surface area (Å²) in [5.41, 5.74) is 6.09. The third kappa shape index (κ3) is 3.06. The van der Waals surface area contributed by atoms with Crippen molar-refractivity contribution in [3.63, 3.8) is 0 Å². The number of rotatable bonds is 3. The fourth-order valence-corrected chi connectivity index (χ4v) is 2.10. The average Bonchev–Trinajstić information content (AvgIpc) is 2.39. The van der Waals surface area contributed by atoms with E-state index >= 15 is 0 Å². The van der Waals surface area contributed by atoms with E-state index < -0.39 is 4.92 Å². The number of nitrogens with two attached hydrogens (primary N) is 1. The summed E-state index contributed by atoms with van der Waals surface area (Å²) in [6.07, 6.45) is 0. The summed E-state index contributed by atoms with van der Waals surface area (Å²) in [6, 6.07) is 6.90. The second kappa shape index (κ2) is 5.72. The molecule has 0 saturated heterocycles. The Morgan fingerprint density at radius 3 is 2.81 bits per heavy atom. The first-order valence-corrected chi connectivity index (χ1v) is 6.47. The molecule has 0 bridgehead atoms. The topological polar surface area (TPSA) is 131 Å². The van der Waals surface area contributed by atoms with E-state index in [2.05, 4.69) is 31.2 Å². The molecule has 8 nitrogen and oxygen atoms in total. The van der Waals surface area contributed by atoms with Crippen molar-refractivity contribution in [2.45, 2.75) is 6.92 Å². The number of aryl methyl sites for hydroxylation is 1. The lowest BCUT2D eigenvalue weighted by Crippen LogP contribution is -2.07. The molecular formula is C12H9BrN6O2. The van der Waals surface area contributed by atoms with Crippen molar-refractivity contribution in [3.8, 4) is 6.07 Å². The molecule has 1 aromatic carbocycles. The fourth-order valence-electron chi connectivity index (χ4n) is 1.74. The van der Waals surface area contributed by atoms with Gasteiger partial charge in [-0.2, -0.15) is 10.2 Å². The molecule has 106 valence electrons. The molecular weight excluding hydrogens is 340 g/mol. The number of benzene rings is 1. The van der Waals surface area contributed by atoms with Crippen LogP contribution >= 0.6 is 15.9 Å². The summed E-state index contributed by atoms with van der Waals surface area (Å²) >= 11 is 3.25. The number of anilines is 3. The number of nitro groups is 1. The van der Waals surface area contributed by atoms with Crippen LogP contribution < -0.4 is 11.1 Å².